The lowest BCUT2D eigenvalue weighted by atomic mass is 10.2. The van der Waals surface area contributed by atoms with E-state index in [0.717, 1.165) is 16.1 Å². The van der Waals surface area contributed by atoms with Crippen LogP contribution in [-0.4, -0.2) is 27.0 Å². The zero-order chi connectivity index (χ0) is 17.4. The number of nitrogens with one attached hydrogen (secondary N) is 1. The lowest BCUT2D eigenvalue weighted by molar-refractivity contribution is -0.113. The molecule has 3 heterocycles. The molecular formula is C18H15N3O3S. The Labute approximate surface area is 148 Å². The predicted octanol–water partition coefficient (Wildman–Crippen LogP) is 3.04. The quantitative estimate of drug-likeness (QED) is 0.733. The Bertz CT molecular complexity index is 996. The highest BCUT2D eigenvalue weighted by molar-refractivity contribution is 8.00. The van der Waals surface area contributed by atoms with E-state index in [-0.39, 0.29) is 12.5 Å². The summed E-state index contributed by atoms with van der Waals surface area (Å²) in [6, 6.07) is 9.11. The Balaban J connectivity index is 1.49. The molecule has 0 spiro atoms. The largest absolute Gasteiger partial charge is 0.456 e. The summed E-state index contributed by atoms with van der Waals surface area (Å²) in [6.07, 6.45) is 3.75. The van der Waals surface area contributed by atoms with Crippen LogP contribution in [0.1, 0.15) is 21.6 Å². The highest BCUT2D eigenvalue weighted by Gasteiger charge is 2.18. The number of hydrogen-bond donors (Lipinski definition) is 1. The van der Waals surface area contributed by atoms with E-state index in [9.17, 15) is 9.59 Å². The number of amides is 1. The molecule has 0 radical (unpaired) electrons. The van der Waals surface area contributed by atoms with Crippen molar-refractivity contribution in [1.82, 2.24) is 9.38 Å². The molecule has 3 aromatic rings. The van der Waals surface area contributed by atoms with Crippen molar-refractivity contribution >= 4 is 35.0 Å². The van der Waals surface area contributed by atoms with Crippen LogP contribution in [0.2, 0.25) is 0 Å². The van der Waals surface area contributed by atoms with Crippen molar-refractivity contribution in [2.45, 2.75) is 18.4 Å². The number of carbonyl (C=O) groups excluding carboxylic acids is 2. The van der Waals surface area contributed by atoms with E-state index < -0.39 is 5.97 Å². The molecule has 1 aliphatic rings. The molecular weight excluding hydrogens is 338 g/mol. The molecule has 7 heteroatoms. The molecule has 126 valence electrons. The Morgan fingerprint density at radius 3 is 3.12 bits per heavy atom. The third kappa shape index (κ3) is 3.10. The summed E-state index contributed by atoms with van der Waals surface area (Å²) in [5.41, 5.74) is 3.65. The fourth-order valence-corrected chi connectivity index (χ4v) is 3.50. The summed E-state index contributed by atoms with van der Waals surface area (Å²) in [7, 11) is 0. The molecule has 0 fully saturated rings. The van der Waals surface area contributed by atoms with Crippen LogP contribution in [0.4, 0.5) is 5.69 Å². The lowest BCUT2D eigenvalue weighted by Crippen LogP contribution is -2.19. The molecule has 0 saturated heterocycles. The third-order valence-electron chi connectivity index (χ3n) is 3.93. The van der Waals surface area contributed by atoms with Gasteiger partial charge < -0.3 is 14.5 Å². The topological polar surface area (TPSA) is 72.7 Å². The molecule has 1 aromatic carbocycles. The number of imidazole rings is 1. The minimum atomic E-state index is -0.443. The van der Waals surface area contributed by atoms with Gasteiger partial charge >= 0.3 is 5.97 Å². The van der Waals surface area contributed by atoms with E-state index in [1.165, 1.54) is 11.8 Å². The molecule has 0 bridgehead atoms. The number of rotatable bonds is 3. The van der Waals surface area contributed by atoms with E-state index in [2.05, 4.69) is 10.3 Å². The highest BCUT2D eigenvalue weighted by Crippen LogP contribution is 2.32. The fraction of sp³-hybridized carbons (Fsp3) is 0.167. The van der Waals surface area contributed by atoms with E-state index in [0.29, 0.717) is 22.7 Å². The van der Waals surface area contributed by atoms with Gasteiger partial charge in [0.1, 0.15) is 12.3 Å². The maximum atomic E-state index is 12.3. The number of fused-ring (bicyclic) bond motifs is 2. The van der Waals surface area contributed by atoms with Crippen LogP contribution >= 0.6 is 11.8 Å². The Kier molecular flexibility index (Phi) is 3.93. The van der Waals surface area contributed by atoms with Crippen molar-refractivity contribution in [3.63, 3.8) is 0 Å². The van der Waals surface area contributed by atoms with Crippen molar-refractivity contribution in [1.29, 1.82) is 0 Å². The molecule has 25 heavy (non-hydrogen) atoms. The van der Waals surface area contributed by atoms with Crippen molar-refractivity contribution in [3.05, 3.63) is 59.5 Å². The normalized spacial score (nSPS) is 13.4. The van der Waals surface area contributed by atoms with E-state index in [1.807, 2.05) is 41.9 Å². The number of nitrogens with zero attached hydrogens (tertiary/aromatic N) is 2. The molecule has 2 aromatic heterocycles. The second-order valence-corrected chi connectivity index (χ2v) is 6.80. The van der Waals surface area contributed by atoms with E-state index >= 15 is 0 Å². The zero-order valence-corrected chi connectivity index (χ0v) is 14.3. The van der Waals surface area contributed by atoms with Crippen LogP contribution in [0.5, 0.6) is 0 Å². The van der Waals surface area contributed by atoms with Gasteiger partial charge in [0.05, 0.1) is 22.7 Å². The molecule has 0 atom stereocenters. The molecule has 1 aliphatic heterocycles. The summed E-state index contributed by atoms with van der Waals surface area (Å²) in [4.78, 5) is 29.2. The van der Waals surface area contributed by atoms with Crippen LogP contribution < -0.4 is 5.32 Å². The predicted molar refractivity (Wildman–Crippen MR) is 94.8 cm³/mol. The number of hydrogen-bond acceptors (Lipinski definition) is 5. The van der Waals surface area contributed by atoms with Gasteiger partial charge in [-0.3, -0.25) is 4.79 Å². The summed E-state index contributed by atoms with van der Waals surface area (Å²) in [5, 5.41) is 2.77. The average molecular weight is 353 g/mol. The van der Waals surface area contributed by atoms with E-state index in [4.69, 9.17) is 4.74 Å². The van der Waals surface area contributed by atoms with Crippen LogP contribution in [0.3, 0.4) is 0 Å². The number of thioether (sulfide) groups is 1. The van der Waals surface area contributed by atoms with Crippen LogP contribution in [0.25, 0.3) is 5.65 Å². The van der Waals surface area contributed by atoms with E-state index in [1.54, 1.807) is 12.1 Å². The smallest absolute Gasteiger partial charge is 0.338 e. The molecule has 0 aliphatic carbocycles. The molecule has 6 nitrogen and oxygen atoms in total. The van der Waals surface area contributed by atoms with Gasteiger partial charge in [-0.05, 0) is 36.8 Å². The maximum absolute atomic E-state index is 12.3. The average Bonchev–Trinajstić information content (AvgIpc) is 3.03. The van der Waals surface area contributed by atoms with Gasteiger partial charge in [0.15, 0.2) is 0 Å². The molecule has 1 amide bonds. The number of pyridine rings is 1. The molecule has 1 N–H and O–H groups in total. The Morgan fingerprint density at radius 2 is 2.28 bits per heavy atom. The summed E-state index contributed by atoms with van der Waals surface area (Å²) < 4.78 is 7.27. The van der Waals surface area contributed by atoms with Gasteiger partial charge in [0.25, 0.3) is 0 Å². The first-order chi connectivity index (χ1) is 12.1. The SMILES string of the molecule is Cc1cccn2cc(COC(=O)c3ccc4c(c3)NC(=O)CS4)nc12. The summed E-state index contributed by atoms with van der Waals surface area (Å²) >= 11 is 1.45. The van der Waals surface area contributed by atoms with Gasteiger partial charge in [-0.15, -0.1) is 11.8 Å². The van der Waals surface area contributed by atoms with Gasteiger partial charge in [-0.25, -0.2) is 9.78 Å². The van der Waals surface area contributed by atoms with Gasteiger partial charge in [-0.1, -0.05) is 6.07 Å². The number of carbonyl (C=O) groups is 2. The van der Waals surface area contributed by atoms with Crippen LogP contribution in [0, 0.1) is 6.92 Å². The third-order valence-corrected chi connectivity index (χ3v) is 5.00. The lowest BCUT2D eigenvalue weighted by Gasteiger charge is -2.16. The first kappa shape index (κ1) is 15.7. The number of ether oxygens (including phenoxy) is 1. The molecule has 0 unspecified atom stereocenters. The van der Waals surface area contributed by atoms with Crippen molar-refractivity contribution in [3.8, 4) is 0 Å². The minimum absolute atomic E-state index is 0.0666. The highest BCUT2D eigenvalue weighted by atomic mass is 32.2. The molecule has 4 rings (SSSR count). The Hall–Kier alpha value is -2.80. The van der Waals surface area contributed by atoms with Gasteiger partial charge in [0, 0.05) is 17.3 Å². The summed E-state index contributed by atoms with van der Waals surface area (Å²) in [5.74, 6) is -0.117. The first-order valence-corrected chi connectivity index (χ1v) is 8.76. The van der Waals surface area contributed by atoms with Gasteiger partial charge in [0.2, 0.25) is 5.91 Å². The standard InChI is InChI=1S/C18H15N3O3S/c1-11-3-2-6-21-8-13(19-17(11)21)9-24-18(23)12-4-5-15-14(7-12)20-16(22)10-25-15/h2-8H,9-10H2,1H3,(H,20,22). The number of anilines is 1. The number of aryl methyl sites for hydroxylation is 1. The van der Waals surface area contributed by atoms with Crippen molar-refractivity contribution < 1.29 is 14.3 Å². The summed E-state index contributed by atoms with van der Waals surface area (Å²) in [6.45, 7) is 2.08. The number of benzene rings is 1. The monoisotopic (exact) mass is 353 g/mol. The second-order valence-electron chi connectivity index (χ2n) is 5.78. The maximum Gasteiger partial charge on any atom is 0.338 e. The number of esters is 1. The Morgan fingerprint density at radius 1 is 1.40 bits per heavy atom. The van der Waals surface area contributed by atoms with Crippen molar-refractivity contribution in [2.24, 2.45) is 0 Å². The zero-order valence-electron chi connectivity index (χ0n) is 13.5. The minimum Gasteiger partial charge on any atom is -0.456 e. The van der Waals surface area contributed by atoms with Crippen LogP contribution in [0.15, 0.2) is 47.6 Å². The van der Waals surface area contributed by atoms with Gasteiger partial charge in [-0.2, -0.15) is 0 Å². The van der Waals surface area contributed by atoms with Crippen LogP contribution in [-0.2, 0) is 16.1 Å². The second kappa shape index (κ2) is 6.25. The number of aromatic nitrogens is 2. The molecule has 0 saturated carbocycles. The first-order valence-electron chi connectivity index (χ1n) is 7.77. The van der Waals surface area contributed by atoms with Crippen molar-refractivity contribution in [2.75, 3.05) is 11.1 Å². The fourth-order valence-electron chi connectivity index (χ4n) is 2.71.